The second-order valence-corrected chi connectivity index (χ2v) is 4.26. The maximum absolute atomic E-state index is 11.8. The Kier molecular flexibility index (Phi) is 3.79. The molecule has 0 aliphatic rings. The molecule has 2 rings (SSSR count). The molecule has 0 saturated carbocycles. The van der Waals surface area contributed by atoms with Crippen molar-refractivity contribution in [3.05, 3.63) is 41.6 Å². The van der Waals surface area contributed by atoms with E-state index in [-0.39, 0.29) is 5.91 Å². The molecule has 17 heavy (non-hydrogen) atoms. The highest BCUT2D eigenvalue weighted by molar-refractivity contribution is 7.10. The second kappa shape index (κ2) is 5.51. The van der Waals surface area contributed by atoms with Gasteiger partial charge in [0.15, 0.2) is 0 Å². The van der Waals surface area contributed by atoms with Crippen molar-refractivity contribution >= 4 is 22.4 Å². The Morgan fingerprint density at radius 2 is 2.12 bits per heavy atom. The summed E-state index contributed by atoms with van der Waals surface area (Å²) in [6.07, 6.45) is 2.34. The molecule has 1 aromatic heterocycles. The van der Waals surface area contributed by atoms with Gasteiger partial charge in [0.25, 0.3) is 5.91 Å². The molecule has 1 heterocycles. The fraction of sp³-hybridized carbons (Fsp3) is 0.182. The quantitative estimate of drug-likeness (QED) is 0.854. The molecule has 6 heteroatoms. The summed E-state index contributed by atoms with van der Waals surface area (Å²) in [6.45, 7) is 0.609. The first-order valence-electron chi connectivity index (χ1n) is 5.17. The number of amides is 1. The van der Waals surface area contributed by atoms with Gasteiger partial charge in [-0.15, -0.1) is 5.10 Å². The summed E-state index contributed by atoms with van der Waals surface area (Å²) in [7, 11) is 0. The Morgan fingerprint density at radius 1 is 1.35 bits per heavy atom. The van der Waals surface area contributed by atoms with Gasteiger partial charge in [-0.3, -0.25) is 4.79 Å². The number of hydrogen-bond acceptors (Lipinski definition) is 5. The molecule has 3 N–H and O–H groups in total. The minimum Gasteiger partial charge on any atom is -0.330 e. The van der Waals surface area contributed by atoms with E-state index in [1.54, 1.807) is 12.1 Å². The van der Waals surface area contributed by atoms with Crippen LogP contribution in [0.15, 0.2) is 30.5 Å². The van der Waals surface area contributed by atoms with Gasteiger partial charge in [0, 0.05) is 17.1 Å². The van der Waals surface area contributed by atoms with Crippen molar-refractivity contribution in [3.8, 4) is 0 Å². The van der Waals surface area contributed by atoms with Gasteiger partial charge in [0.05, 0.1) is 6.20 Å². The van der Waals surface area contributed by atoms with E-state index in [0.717, 1.165) is 23.5 Å². The van der Waals surface area contributed by atoms with E-state index in [1.807, 2.05) is 12.1 Å². The molecule has 2 aromatic rings. The lowest BCUT2D eigenvalue weighted by Gasteiger charge is -2.03. The fourth-order valence-corrected chi connectivity index (χ4v) is 1.81. The average Bonchev–Trinajstić information content (AvgIpc) is 2.83. The van der Waals surface area contributed by atoms with E-state index in [0.29, 0.717) is 17.1 Å². The zero-order valence-corrected chi connectivity index (χ0v) is 9.91. The van der Waals surface area contributed by atoms with Crippen LogP contribution in [0.2, 0.25) is 0 Å². The van der Waals surface area contributed by atoms with E-state index in [9.17, 15) is 4.79 Å². The normalized spacial score (nSPS) is 10.2. The van der Waals surface area contributed by atoms with Gasteiger partial charge in [-0.2, -0.15) is 0 Å². The first-order chi connectivity index (χ1) is 8.29. The number of aromatic nitrogens is 2. The Morgan fingerprint density at radius 3 is 2.71 bits per heavy atom. The highest BCUT2D eigenvalue weighted by Crippen LogP contribution is 2.12. The topological polar surface area (TPSA) is 80.9 Å². The highest BCUT2D eigenvalue weighted by atomic mass is 32.1. The van der Waals surface area contributed by atoms with Crippen LogP contribution in [0.1, 0.15) is 15.9 Å². The molecule has 1 aromatic carbocycles. The third-order valence-corrected chi connectivity index (χ3v) is 2.83. The Hall–Kier alpha value is -1.79. The molecule has 1 amide bonds. The standard InChI is InChI=1S/C11H12N4OS/c12-6-5-8-1-3-9(4-2-8)11(16)14-10-7-13-15-17-10/h1-4,7H,5-6,12H2,(H,14,16). The highest BCUT2D eigenvalue weighted by Gasteiger charge is 2.06. The van der Waals surface area contributed by atoms with Gasteiger partial charge in [-0.05, 0) is 30.7 Å². The Balaban J connectivity index is 2.04. The van der Waals surface area contributed by atoms with Gasteiger partial charge in [0.1, 0.15) is 5.00 Å². The van der Waals surface area contributed by atoms with Gasteiger partial charge < -0.3 is 11.1 Å². The number of hydrogen-bond donors (Lipinski definition) is 2. The van der Waals surface area contributed by atoms with Crippen LogP contribution < -0.4 is 11.1 Å². The van der Waals surface area contributed by atoms with Crippen molar-refractivity contribution in [2.24, 2.45) is 5.73 Å². The summed E-state index contributed by atoms with van der Waals surface area (Å²) in [5.74, 6) is -0.157. The molecule has 5 nitrogen and oxygen atoms in total. The number of carbonyl (C=O) groups is 1. The second-order valence-electron chi connectivity index (χ2n) is 3.47. The molecular formula is C11H12N4OS. The SMILES string of the molecule is NCCc1ccc(C(=O)Nc2cnns2)cc1. The molecule has 0 unspecified atom stereocenters. The molecule has 0 fully saturated rings. The van der Waals surface area contributed by atoms with Crippen LogP contribution in [0, 0.1) is 0 Å². The van der Waals surface area contributed by atoms with E-state index < -0.39 is 0 Å². The number of carbonyl (C=O) groups excluding carboxylic acids is 1. The van der Waals surface area contributed by atoms with Crippen LogP contribution in [0.25, 0.3) is 0 Å². The number of nitrogens with one attached hydrogen (secondary N) is 1. The fourth-order valence-electron chi connectivity index (χ4n) is 1.40. The van der Waals surface area contributed by atoms with Gasteiger partial charge >= 0.3 is 0 Å². The molecule has 0 saturated heterocycles. The van der Waals surface area contributed by atoms with Crippen LogP contribution in [0.3, 0.4) is 0 Å². The van der Waals surface area contributed by atoms with Crippen molar-refractivity contribution in [2.45, 2.75) is 6.42 Å². The van der Waals surface area contributed by atoms with Crippen LogP contribution in [0.5, 0.6) is 0 Å². The van der Waals surface area contributed by atoms with Gasteiger partial charge in [-0.25, -0.2) is 0 Å². The summed E-state index contributed by atoms with van der Waals surface area (Å²) in [5.41, 5.74) is 7.20. The summed E-state index contributed by atoms with van der Waals surface area (Å²) in [5, 5.41) is 7.01. The zero-order chi connectivity index (χ0) is 12.1. The van der Waals surface area contributed by atoms with Crippen molar-refractivity contribution in [1.82, 2.24) is 9.59 Å². The monoisotopic (exact) mass is 248 g/mol. The van der Waals surface area contributed by atoms with E-state index in [2.05, 4.69) is 14.9 Å². The molecule has 0 bridgehead atoms. The lowest BCUT2D eigenvalue weighted by Crippen LogP contribution is -2.11. The minimum absolute atomic E-state index is 0.157. The van der Waals surface area contributed by atoms with Crippen LogP contribution in [-0.4, -0.2) is 22.0 Å². The van der Waals surface area contributed by atoms with Crippen molar-refractivity contribution in [2.75, 3.05) is 11.9 Å². The van der Waals surface area contributed by atoms with Gasteiger partial charge in [-0.1, -0.05) is 16.6 Å². The predicted molar refractivity (Wildman–Crippen MR) is 67.1 cm³/mol. The van der Waals surface area contributed by atoms with E-state index in [4.69, 9.17) is 5.73 Å². The molecule has 0 aliphatic carbocycles. The third-order valence-electron chi connectivity index (χ3n) is 2.25. The summed E-state index contributed by atoms with van der Waals surface area (Å²) in [4.78, 5) is 11.8. The van der Waals surface area contributed by atoms with E-state index in [1.165, 1.54) is 6.20 Å². The lowest BCUT2D eigenvalue weighted by atomic mass is 10.1. The number of rotatable bonds is 4. The van der Waals surface area contributed by atoms with E-state index >= 15 is 0 Å². The first kappa shape index (κ1) is 11.7. The number of nitrogens with zero attached hydrogens (tertiary/aromatic N) is 2. The number of benzene rings is 1. The molecular weight excluding hydrogens is 236 g/mol. The zero-order valence-electron chi connectivity index (χ0n) is 9.09. The third kappa shape index (κ3) is 3.08. The lowest BCUT2D eigenvalue weighted by molar-refractivity contribution is 0.102. The molecule has 0 aliphatic heterocycles. The Labute approximate surface area is 103 Å². The predicted octanol–water partition coefficient (Wildman–Crippen LogP) is 1.29. The van der Waals surface area contributed by atoms with Gasteiger partial charge in [0.2, 0.25) is 0 Å². The van der Waals surface area contributed by atoms with Crippen molar-refractivity contribution in [3.63, 3.8) is 0 Å². The summed E-state index contributed by atoms with van der Waals surface area (Å²) < 4.78 is 3.67. The largest absolute Gasteiger partial charge is 0.330 e. The molecule has 0 radical (unpaired) electrons. The molecule has 0 spiro atoms. The molecule has 0 atom stereocenters. The number of nitrogens with two attached hydrogens (primary N) is 1. The first-order valence-corrected chi connectivity index (χ1v) is 5.94. The maximum Gasteiger partial charge on any atom is 0.256 e. The minimum atomic E-state index is -0.157. The smallest absolute Gasteiger partial charge is 0.256 e. The van der Waals surface area contributed by atoms with Crippen LogP contribution >= 0.6 is 11.5 Å². The average molecular weight is 248 g/mol. The summed E-state index contributed by atoms with van der Waals surface area (Å²) in [6, 6.07) is 7.39. The summed E-state index contributed by atoms with van der Waals surface area (Å²) >= 11 is 1.15. The van der Waals surface area contributed by atoms with Crippen molar-refractivity contribution < 1.29 is 4.79 Å². The van der Waals surface area contributed by atoms with Crippen LogP contribution in [-0.2, 0) is 6.42 Å². The number of anilines is 1. The maximum atomic E-state index is 11.8. The molecule has 88 valence electrons. The van der Waals surface area contributed by atoms with Crippen LogP contribution in [0.4, 0.5) is 5.00 Å². The van der Waals surface area contributed by atoms with Crippen molar-refractivity contribution in [1.29, 1.82) is 0 Å². The Bertz CT molecular complexity index is 481.